The highest BCUT2D eigenvalue weighted by molar-refractivity contribution is 7.92. The van der Waals surface area contributed by atoms with Gasteiger partial charge in [0.2, 0.25) is 10.0 Å². The average molecular weight is 419 g/mol. The molecule has 7 nitrogen and oxygen atoms in total. The number of carbonyl (C=O) groups is 1. The molecular weight excluding hydrogens is 392 g/mol. The Morgan fingerprint density at radius 1 is 1.24 bits per heavy atom. The Kier molecular flexibility index (Phi) is 6.32. The second-order valence-corrected chi connectivity index (χ2v) is 9.00. The standard InChI is InChI=1S/C21H26N2O5S/c1-15-4-9-19-18(14-15)23(29(3,25)26)13-11-20(28-19)21(24)22-12-10-16-5-7-17(27-2)8-6-16/h4-9,14,20H,10-13H2,1-3H3,(H,22,24)/t20-/m1/s1. The van der Waals surface area contributed by atoms with E-state index in [2.05, 4.69) is 5.32 Å². The van der Waals surface area contributed by atoms with Gasteiger partial charge in [-0.1, -0.05) is 18.2 Å². The highest BCUT2D eigenvalue weighted by Gasteiger charge is 2.31. The van der Waals surface area contributed by atoms with Crippen molar-refractivity contribution in [2.24, 2.45) is 0 Å². The number of hydrogen-bond donors (Lipinski definition) is 1. The predicted molar refractivity (Wildman–Crippen MR) is 112 cm³/mol. The van der Waals surface area contributed by atoms with Gasteiger partial charge >= 0.3 is 0 Å². The van der Waals surface area contributed by atoms with Crippen molar-refractivity contribution in [2.75, 3.05) is 30.8 Å². The topological polar surface area (TPSA) is 84.9 Å². The van der Waals surface area contributed by atoms with Gasteiger partial charge < -0.3 is 14.8 Å². The molecule has 1 atom stereocenters. The number of ether oxygens (including phenoxy) is 2. The minimum absolute atomic E-state index is 0.186. The largest absolute Gasteiger partial charge is 0.497 e. The van der Waals surface area contributed by atoms with E-state index in [-0.39, 0.29) is 18.9 Å². The van der Waals surface area contributed by atoms with Gasteiger partial charge in [0.1, 0.15) is 11.5 Å². The van der Waals surface area contributed by atoms with Crippen molar-refractivity contribution in [1.29, 1.82) is 0 Å². The number of nitrogens with zero attached hydrogens (tertiary/aromatic N) is 1. The van der Waals surface area contributed by atoms with Crippen LogP contribution in [0.4, 0.5) is 5.69 Å². The number of nitrogens with one attached hydrogen (secondary N) is 1. The van der Waals surface area contributed by atoms with E-state index >= 15 is 0 Å². The molecule has 1 N–H and O–H groups in total. The zero-order chi connectivity index (χ0) is 21.0. The monoisotopic (exact) mass is 418 g/mol. The van der Waals surface area contributed by atoms with Gasteiger partial charge in [-0.25, -0.2) is 8.42 Å². The predicted octanol–water partition coefficient (Wildman–Crippen LogP) is 2.28. The van der Waals surface area contributed by atoms with E-state index in [0.717, 1.165) is 23.1 Å². The summed E-state index contributed by atoms with van der Waals surface area (Å²) in [4.78, 5) is 12.7. The number of methoxy groups -OCH3 is 1. The van der Waals surface area contributed by atoms with Crippen LogP contribution in [0.5, 0.6) is 11.5 Å². The molecule has 1 heterocycles. The Balaban J connectivity index is 1.66. The molecule has 0 unspecified atom stereocenters. The lowest BCUT2D eigenvalue weighted by molar-refractivity contribution is -0.128. The third-order valence-electron chi connectivity index (χ3n) is 4.81. The van der Waals surface area contributed by atoms with Crippen LogP contribution in [0.15, 0.2) is 42.5 Å². The summed E-state index contributed by atoms with van der Waals surface area (Å²) in [7, 11) is -1.86. The fourth-order valence-corrected chi connectivity index (χ4v) is 4.19. The van der Waals surface area contributed by atoms with Crippen molar-refractivity contribution in [1.82, 2.24) is 5.32 Å². The van der Waals surface area contributed by atoms with Crippen molar-refractivity contribution >= 4 is 21.6 Å². The molecule has 0 aliphatic carbocycles. The van der Waals surface area contributed by atoms with Crippen LogP contribution in [0, 0.1) is 6.92 Å². The Labute approximate surface area is 171 Å². The number of benzene rings is 2. The third-order valence-corrected chi connectivity index (χ3v) is 5.99. The number of carbonyl (C=O) groups excluding carboxylic acids is 1. The molecule has 0 saturated heterocycles. The van der Waals surface area contributed by atoms with Crippen LogP contribution in [0.25, 0.3) is 0 Å². The third kappa shape index (κ3) is 5.20. The van der Waals surface area contributed by atoms with Crippen molar-refractivity contribution in [3.63, 3.8) is 0 Å². The van der Waals surface area contributed by atoms with Crippen LogP contribution < -0.4 is 19.1 Å². The van der Waals surface area contributed by atoms with E-state index in [1.165, 1.54) is 4.31 Å². The quantitative estimate of drug-likeness (QED) is 0.778. The Morgan fingerprint density at radius 3 is 2.62 bits per heavy atom. The molecule has 2 aromatic rings. The summed E-state index contributed by atoms with van der Waals surface area (Å²) in [6, 6.07) is 13.0. The van der Waals surface area contributed by atoms with E-state index in [1.54, 1.807) is 19.2 Å². The number of hydrogen-bond acceptors (Lipinski definition) is 5. The molecule has 1 aliphatic heterocycles. The number of rotatable bonds is 6. The lowest BCUT2D eigenvalue weighted by atomic mass is 10.1. The molecule has 0 spiro atoms. The molecule has 156 valence electrons. The average Bonchev–Trinajstić information content (AvgIpc) is 2.87. The zero-order valence-corrected chi connectivity index (χ0v) is 17.7. The molecule has 0 saturated carbocycles. The van der Waals surface area contributed by atoms with Crippen LogP contribution >= 0.6 is 0 Å². The maximum absolute atomic E-state index is 12.7. The first-order chi connectivity index (χ1) is 13.8. The van der Waals surface area contributed by atoms with Gasteiger partial charge in [0.25, 0.3) is 5.91 Å². The first-order valence-corrected chi connectivity index (χ1v) is 11.3. The number of sulfonamides is 1. The summed E-state index contributed by atoms with van der Waals surface area (Å²) in [5, 5.41) is 2.89. The molecular formula is C21H26N2O5S. The summed E-state index contributed by atoms with van der Waals surface area (Å²) in [6.45, 7) is 2.53. The summed E-state index contributed by atoms with van der Waals surface area (Å²) < 4.78 is 36.8. The second-order valence-electron chi connectivity index (χ2n) is 7.09. The summed E-state index contributed by atoms with van der Waals surface area (Å²) in [6.07, 6.45) is 1.36. The van der Waals surface area contributed by atoms with E-state index in [1.807, 2.05) is 37.3 Å². The normalized spacial score (nSPS) is 16.4. The number of amides is 1. The maximum Gasteiger partial charge on any atom is 0.261 e. The van der Waals surface area contributed by atoms with E-state index in [0.29, 0.717) is 24.4 Å². The second kappa shape index (κ2) is 8.73. The Bertz CT molecular complexity index is 973. The molecule has 8 heteroatoms. The SMILES string of the molecule is COc1ccc(CCNC(=O)[C@H]2CCN(S(C)(=O)=O)c3cc(C)ccc3O2)cc1. The fourth-order valence-electron chi connectivity index (χ4n) is 3.25. The first kappa shape index (κ1) is 21.0. The van der Waals surface area contributed by atoms with Crippen LogP contribution in [0.1, 0.15) is 17.5 Å². The molecule has 1 aliphatic rings. The summed E-state index contributed by atoms with van der Waals surface area (Å²) in [5.41, 5.74) is 2.47. The zero-order valence-electron chi connectivity index (χ0n) is 16.8. The minimum atomic E-state index is -3.48. The van der Waals surface area contributed by atoms with Crippen molar-refractivity contribution in [2.45, 2.75) is 25.9 Å². The molecule has 2 aromatic carbocycles. The minimum Gasteiger partial charge on any atom is -0.497 e. The molecule has 0 aromatic heterocycles. The highest BCUT2D eigenvalue weighted by Crippen LogP contribution is 2.35. The van der Waals surface area contributed by atoms with Gasteiger partial charge in [-0.15, -0.1) is 0 Å². The van der Waals surface area contributed by atoms with Gasteiger partial charge in [0, 0.05) is 19.5 Å². The lowest BCUT2D eigenvalue weighted by Crippen LogP contribution is -2.40. The van der Waals surface area contributed by atoms with Crippen LogP contribution in [-0.4, -0.2) is 46.9 Å². The molecule has 0 bridgehead atoms. The highest BCUT2D eigenvalue weighted by atomic mass is 32.2. The van der Waals surface area contributed by atoms with Gasteiger partial charge in [-0.3, -0.25) is 9.10 Å². The number of anilines is 1. The molecule has 0 fully saturated rings. The number of aryl methyl sites for hydroxylation is 1. The fraction of sp³-hybridized carbons (Fsp3) is 0.381. The molecule has 0 radical (unpaired) electrons. The first-order valence-electron chi connectivity index (χ1n) is 9.43. The Morgan fingerprint density at radius 2 is 1.97 bits per heavy atom. The molecule has 1 amide bonds. The van der Waals surface area contributed by atoms with Crippen LogP contribution in [0.2, 0.25) is 0 Å². The van der Waals surface area contributed by atoms with Crippen molar-refractivity contribution in [3.8, 4) is 11.5 Å². The molecule has 3 rings (SSSR count). The van der Waals surface area contributed by atoms with E-state index in [9.17, 15) is 13.2 Å². The maximum atomic E-state index is 12.7. The van der Waals surface area contributed by atoms with E-state index in [4.69, 9.17) is 9.47 Å². The Hall–Kier alpha value is -2.74. The van der Waals surface area contributed by atoms with Crippen LogP contribution in [0.3, 0.4) is 0 Å². The van der Waals surface area contributed by atoms with Gasteiger partial charge in [0.05, 0.1) is 19.1 Å². The molecule has 29 heavy (non-hydrogen) atoms. The smallest absolute Gasteiger partial charge is 0.261 e. The lowest BCUT2D eigenvalue weighted by Gasteiger charge is -2.21. The summed E-state index contributed by atoms with van der Waals surface area (Å²) >= 11 is 0. The summed E-state index contributed by atoms with van der Waals surface area (Å²) in [5.74, 6) is 0.934. The van der Waals surface area contributed by atoms with Crippen molar-refractivity contribution in [3.05, 3.63) is 53.6 Å². The van der Waals surface area contributed by atoms with Gasteiger partial charge in [-0.2, -0.15) is 0 Å². The van der Waals surface area contributed by atoms with Gasteiger partial charge in [-0.05, 0) is 48.7 Å². The van der Waals surface area contributed by atoms with Gasteiger partial charge in [0.15, 0.2) is 6.10 Å². The van der Waals surface area contributed by atoms with Crippen LogP contribution in [-0.2, 0) is 21.2 Å². The van der Waals surface area contributed by atoms with E-state index < -0.39 is 16.1 Å². The van der Waals surface area contributed by atoms with Crippen molar-refractivity contribution < 1.29 is 22.7 Å². The number of fused-ring (bicyclic) bond motifs is 1.